The third-order valence-electron chi connectivity index (χ3n) is 5.91. The van der Waals surface area contributed by atoms with E-state index >= 15 is 0 Å². The first kappa shape index (κ1) is 32.4. The Hall–Kier alpha value is -0.830. The molecule has 1 saturated heterocycles. The van der Waals surface area contributed by atoms with Gasteiger partial charge in [0.15, 0.2) is 0 Å². The lowest BCUT2D eigenvalue weighted by Gasteiger charge is -2.35. The summed E-state index contributed by atoms with van der Waals surface area (Å²) < 4.78 is 55.5. The number of amides is 1. The molecule has 1 aromatic carbocycles. The fourth-order valence-electron chi connectivity index (χ4n) is 4.06. The third kappa shape index (κ3) is 13.7. The number of hydrogen-bond donors (Lipinski definition) is 0. The SMILES string of the molecule is CSSC(C)(C)CCC(=O)N1CCN(CCCc2cc(COS(C)(=O)=O)cc(COS(C)(=O)=O)c2)CC1. The molecule has 1 aliphatic rings. The molecule has 0 bridgehead atoms. The van der Waals surface area contributed by atoms with E-state index in [1.54, 1.807) is 16.9 Å². The number of benzene rings is 1. The maximum absolute atomic E-state index is 12.6. The molecular formula is C24H40N2O7S4. The van der Waals surface area contributed by atoms with Crippen LogP contribution in [0.5, 0.6) is 0 Å². The summed E-state index contributed by atoms with van der Waals surface area (Å²) in [7, 11) is -3.66. The first-order valence-corrected chi connectivity index (χ1v) is 18.4. The minimum atomic E-state index is -3.60. The molecule has 1 heterocycles. The average Bonchev–Trinajstić information content (AvgIpc) is 2.79. The van der Waals surface area contributed by atoms with Gasteiger partial charge in [-0.1, -0.05) is 39.8 Å². The standard InChI is InChI=1S/C24H40N2O7S4/c1-24(2,35-34-3)9-8-23(27)26-13-11-25(12-14-26)10-6-7-20-15-21(18-32-36(4,28)29)17-22(16-20)19-33-37(5,30)31/h15-17H,6-14,18-19H2,1-5H3. The van der Waals surface area contributed by atoms with Gasteiger partial charge in [-0.05, 0) is 62.6 Å². The summed E-state index contributed by atoms with van der Waals surface area (Å²) in [5.74, 6) is 0.228. The quantitative estimate of drug-likeness (QED) is 0.221. The first-order valence-electron chi connectivity index (χ1n) is 12.2. The van der Waals surface area contributed by atoms with Gasteiger partial charge in [0.2, 0.25) is 5.91 Å². The van der Waals surface area contributed by atoms with Gasteiger partial charge in [-0.15, -0.1) is 0 Å². The number of carbonyl (C=O) groups is 1. The topological polar surface area (TPSA) is 110 Å². The molecule has 0 atom stereocenters. The van der Waals surface area contributed by atoms with Crippen LogP contribution in [0.25, 0.3) is 0 Å². The third-order valence-corrected chi connectivity index (χ3v) is 9.67. The highest BCUT2D eigenvalue weighted by Crippen LogP contribution is 2.37. The maximum Gasteiger partial charge on any atom is 0.264 e. The number of aryl methyl sites for hydroxylation is 1. The van der Waals surface area contributed by atoms with Crippen molar-refractivity contribution < 1.29 is 30.0 Å². The van der Waals surface area contributed by atoms with Gasteiger partial charge in [0.05, 0.1) is 25.7 Å². The molecule has 212 valence electrons. The minimum Gasteiger partial charge on any atom is -0.340 e. The molecule has 1 aliphatic heterocycles. The van der Waals surface area contributed by atoms with E-state index in [4.69, 9.17) is 8.37 Å². The largest absolute Gasteiger partial charge is 0.340 e. The molecule has 0 unspecified atom stereocenters. The highest BCUT2D eigenvalue weighted by molar-refractivity contribution is 8.76. The summed E-state index contributed by atoms with van der Waals surface area (Å²) in [5, 5.41) is 0. The van der Waals surface area contributed by atoms with E-state index in [2.05, 4.69) is 25.0 Å². The lowest BCUT2D eigenvalue weighted by atomic mass is 10.0. The van der Waals surface area contributed by atoms with E-state index in [9.17, 15) is 21.6 Å². The molecule has 1 aromatic rings. The molecule has 2 rings (SSSR count). The zero-order chi connectivity index (χ0) is 27.7. The summed E-state index contributed by atoms with van der Waals surface area (Å²) in [6.07, 6.45) is 7.09. The van der Waals surface area contributed by atoms with Crippen molar-refractivity contribution in [3.8, 4) is 0 Å². The van der Waals surface area contributed by atoms with Crippen LogP contribution in [-0.4, -0.2) is 88.8 Å². The Morgan fingerprint density at radius 3 is 1.92 bits per heavy atom. The fraction of sp³-hybridized carbons (Fsp3) is 0.708. The van der Waals surface area contributed by atoms with Gasteiger partial charge in [-0.2, -0.15) is 16.8 Å². The fourth-order valence-corrected chi connectivity index (χ4v) is 7.00. The maximum atomic E-state index is 12.6. The molecule has 1 fully saturated rings. The van der Waals surface area contributed by atoms with Gasteiger partial charge in [0, 0.05) is 37.3 Å². The minimum absolute atomic E-state index is 0.0852. The van der Waals surface area contributed by atoms with Crippen LogP contribution in [0.15, 0.2) is 18.2 Å². The van der Waals surface area contributed by atoms with Crippen molar-refractivity contribution in [2.45, 2.75) is 57.5 Å². The zero-order valence-corrected chi connectivity index (χ0v) is 25.7. The Kier molecular flexibility index (Phi) is 12.7. The Balaban J connectivity index is 1.86. The Labute approximate surface area is 230 Å². The van der Waals surface area contributed by atoms with E-state index in [0.717, 1.165) is 70.1 Å². The van der Waals surface area contributed by atoms with Crippen LogP contribution in [0, 0.1) is 0 Å². The van der Waals surface area contributed by atoms with Crippen LogP contribution in [0.2, 0.25) is 0 Å². The van der Waals surface area contributed by atoms with E-state index in [1.807, 2.05) is 27.8 Å². The second kappa shape index (κ2) is 14.5. The molecule has 9 nitrogen and oxygen atoms in total. The first-order chi connectivity index (χ1) is 17.2. The highest BCUT2D eigenvalue weighted by atomic mass is 33.1. The lowest BCUT2D eigenvalue weighted by Crippen LogP contribution is -2.49. The molecule has 0 spiro atoms. The van der Waals surface area contributed by atoms with Gasteiger partial charge in [0.25, 0.3) is 20.2 Å². The molecule has 37 heavy (non-hydrogen) atoms. The van der Waals surface area contributed by atoms with Crippen molar-refractivity contribution in [3.63, 3.8) is 0 Å². The molecule has 0 saturated carbocycles. The molecule has 0 aromatic heterocycles. The van der Waals surface area contributed by atoms with Crippen molar-refractivity contribution in [1.82, 2.24) is 9.80 Å². The second-order valence-corrected chi connectivity index (χ2v) is 16.3. The van der Waals surface area contributed by atoms with Crippen molar-refractivity contribution >= 4 is 47.7 Å². The predicted molar refractivity (Wildman–Crippen MR) is 151 cm³/mol. The molecule has 0 aliphatic carbocycles. The molecule has 0 radical (unpaired) electrons. The smallest absolute Gasteiger partial charge is 0.264 e. The normalized spacial score (nSPS) is 15.8. The van der Waals surface area contributed by atoms with Crippen molar-refractivity contribution in [2.24, 2.45) is 0 Å². The van der Waals surface area contributed by atoms with E-state index in [0.29, 0.717) is 17.5 Å². The van der Waals surface area contributed by atoms with Crippen LogP contribution < -0.4 is 0 Å². The molecule has 13 heteroatoms. The Morgan fingerprint density at radius 2 is 1.43 bits per heavy atom. The number of piperazine rings is 1. The van der Waals surface area contributed by atoms with Crippen LogP contribution >= 0.6 is 21.6 Å². The second-order valence-electron chi connectivity index (χ2n) is 9.93. The van der Waals surface area contributed by atoms with Gasteiger partial charge in [0.1, 0.15) is 0 Å². The number of hydrogen-bond acceptors (Lipinski definition) is 10. The van der Waals surface area contributed by atoms with Crippen LogP contribution in [0.3, 0.4) is 0 Å². The van der Waals surface area contributed by atoms with Crippen molar-refractivity contribution in [1.29, 1.82) is 0 Å². The van der Waals surface area contributed by atoms with Gasteiger partial charge in [-0.25, -0.2) is 0 Å². The monoisotopic (exact) mass is 596 g/mol. The lowest BCUT2D eigenvalue weighted by molar-refractivity contribution is -0.133. The molecule has 0 N–H and O–H groups in total. The zero-order valence-electron chi connectivity index (χ0n) is 22.4. The summed E-state index contributed by atoms with van der Waals surface area (Å²) >= 11 is 0. The number of carbonyl (C=O) groups excluding carboxylic acids is 1. The summed E-state index contributed by atoms with van der Waals surface area (Å²) in [4.78, 5) is 17.0. The number of nitrogens with zero attached hydrogens (tertiary/aromatic N) is 2. The van der Waals surface area contributed by atoms with Crippen molar-refractivity contribution in [3.05, 3.63) is 34.9 Å². The summed E-state index contributed by atoms with van der Waals surface area (Å²) in [6.45, 7) is 8.13. The van der Waals surface area contributed by atoms with Gasteiger partial charge < -0.3 is 4.90 Å². The average molecular weight is 597 g/mol. The van der Waals surface area contributed by atoms with E-state index < -0.39 is 20.2 Å². The molecule has 1 amide bonds. The van der Waals surface area contributed by atoms with E-state index in [1.165, 1.54) is 0 Å². The van der Waals surface area contributed by atoms with Crippen LogP contribution in [0.4, 0.5) is 0 Å². The van der Waals surface area contributed by atoms with Gasteiger partial charge >= 0.3 is 0 Å². The number of rotatable bonds is 15. The molecular weight excluding hydrogens is 557 g/mol. The summed E-state index contributed by atoms with van der Waals surface area (Å²) in [6, 6.07) is 5.45. The van der Waals surface area contributed by atoms with Crippen LogP contribution in [-0.2, 0) is 53.0 Å². The predicted octanol–water partition coefficient (Wildman–Crippen LogP) is 3.29. The van der Waals surface area contributed by atoms with Crippen molar-refractivity contribution in [2.75, 3.05) is 51.5 Å². The van der Waals surface area contributed by atoms with E-state index in [-0.39, 0.29) is 23.9 Å². The highest BCUT2D eigenvalue weighted by Gasteiger charge is 2.24. The van der Waals surface area contributed by atoms with Crippen LogP contribution in [0.1, 0.15) is 49.8 Å². The summed E-state index contributed by atoms with van der Waals surface area (Å²) in [5.41, 5.74) is 2.24. The Morgan fingerprint density at radius 1 is 0.919 bits per heavy atom. The van der Waals surface area contributed by atoms with Gasteiger partial charge in [-0.3, -0.25) is 18.1 Å². The Bertz CT molecular complexity index is 1050.